The van der Waals surface area contributed by atoms with Gasteiger partial charge in [-0.15, -0.1) is 0 Å². The first-order valence-corrected chi connectivity index (χ1v) is 12.8. The predicted molar refractivity (Wildman–Crippen MR) is 145 cm³/mol. The summed E-state index contributed by atoms with van der Waals surface area (Å²) < 4.78 is 17.9. The van der Waals surface area contributed by atoms with Crippen LogP contribution >= 0.6 is 11.3 Å². The molecule has 0 bridgehead atoms. The van der Waals surface area contributed by atoms with Gasteiger partial charge in [0, 0.05) is 29.9 Å². The fourth-order valence-corrected chi connectivity index (χ4v) is 5.61. The number of carbonyl (C=O) groups excluding carboxylic acids is 1. The number of thiazole rings is 1. The van der Waals surface area contributed by atoms with Crippen LogP contribution in [-0.4, -0.2) is 29.1 Å². The molecule has 186 valence electrons. The molecule has 1 aliphatic rings. The molecule has 1 amide bonds. The third kappa shape index (κ3) is 3.84. The van der Waals surface area contributed by atoms with Crippen LogP contribution in [0.4, 0.5) is 5.13 Å². The Morgan fingerprint density at radius 3 is 2.63 bits per heavy atom. The summed E-state index contributed by atoms with van der Waals surface area (Å²) in [6, 6.07) is 20.4. The zero-order valence-electron chi connectivity index (χ0n) is 19.9. The van der Waals surface area contributed by atoms with Crippen molar-refractivity contribution in [2.45, 2.75) is 6.54 Å². The Morgan fingerprint density at radius 2 is 1.79 bits per heavy atom. The number of nitrogens with zero attached hydrogens (tertiary/aromatic N) is 3. The van der Waals surface area contributed by atoms with Crippen molar-refractivity contribution in [3.8, 4) is 11.5 Å². The normalized spacial score (nSPS) is 12.7. The lowest BCUT2D eigenvalue weighted by atomic mass is 10.0. The van der Waals surface area contributed by atoms with Crippen molar-refractivity contribution < 1.29 is 18.7 Å². The summed E-state index contributed by atoms with van der Waals surface area (Å²) in [5.41, 5.74) is 1.13. The highest BCUT2D eigenvalue weighted by Crippen LogP contribution is 2.39. The summed E-state index contributed by atoms with van der Waals surface area (Å²) in [5, 5.41) is 3.01. The summed E-state index contributed by atoms with van der Waals surface area (Å²) in [4.78, 5) is 37.5. The van der Waals surface area contributed by atoms with Gasteiger partial charge in [0.2, 0.25) is 0 Å². The van der Waals surface area contributed by atoms with Crippen molar-refractivity contribution >= 4 is 54.3 Å². The van der Waals surface area contributed by atoms with E-state index in [0.717, 1.165) is 21.0 Å². The molecule has 3 aromatic carbocycles. The monoisotopic (exact) mass is 521 g/mol. The third-order valence-electron chi connectivity index (χ3n) is 6.45. The summed E-state index contributed by atoms with van der Waals surface area (Å²) in [7, 11) is 0. The standard InChI is InChI=1S/C29H19N3O5S/c33-27(21-12-20-19-6-2-1-5-18(19)7-8-23(20)37-28(21)34)32(16-17-4-3-9-30-15-17)29-31-22-13-24-25(14-26(22)38-29)36-11-10-35-24/h1-9,12-15H,10-11,16H2. The second-order valence-electron chi connectivity index (χ2n) is 8.86. The molecule has 0 saturated carbocycles. The van der Waals surface area contributed by atoms with Gasteiger partial charge in [0.15, 0.2) is 16.6 Å². The molecule has 0 radical (unpaired) electrons. The smallest absolute Gasteiger partial charge is 0.349 e. The zero-order chi connectivity index (χ0) is 25.6. The minimum atomic E-state index is -0.702. The third-order valence-corrected chi connectivity index (χ3v) is 7.49. The van der Waals surface area contributed by atoms with Gasteiger partial charge in [-0.1, -0.05) is 47.7 Å². The number of fused-ring (bicyclic) bond motifs is 5. The van der Waals surface area contributed by atoms with Crippen LogP contribution in [0.15, 0.2) is 88.3 Å². The number of benzene rings is 3. The highest BCUT2D eigenvalue weighted by atomic mass is 32.1. The number of rotatable bonds is 4. The van der Waals surface area contributed by atoms with Crippen LogP contribution in [-0.2, 0) is 6.54 Å². The quantitative estimate of drug-likeness (QED) is 0.221. The van der Waals surface area contributed by atoms with Crippen LogP contribution in [0.25, 0.3) is 32.0 Å². The minimum absolute atomic E-state index is 0.0667. The minimum Gasteiger partial charge on any atom is -0.486 e. The molecule has 0 atom stereocenters. The van der Waals surface area contributed by atoms with Crippen LogP contribution in [0.2, 0.25) is 0 Å². The number of pyridine rings is 1. The molecule has 0 unspecified atom stereocenters. The molecule has 0 N–H and O–H groups in total. The fourth-order valence-electron chi connectivity index (χ4n) is 4.63. The first-order chi connectivity index (χ1) is 18.6. The van der Waals surface area contributed by atoms with E-state index < -0.39 is 11.5 Å². The summed E-state index contributed by atoms with van der Waals surface area (Å²) >= 11 is 1.34. The van der Waals surface area contributed by atoms with E-state index in [9.17, 15) is 9.59 Å². The summed E-state index contributed by atoms with van der Waals surface area (Å²) in [5.74, 6) is 0.757. The average Bonchev–Trinajstić information content (AvgIpc) is 3.37. The molecule has 0 saturated heterocycles. The molecule has 6 aromatic rings. The maximum atomic E-state index is 14.0. The number of anilines is 1. The molecule has 3 aromatic heterocycles. The largest absolute Gasteiger partial charge is 0.486 e. The molecule has 4 heterocycles. The fraction of sp³-hybridized carbons (Fsp3) is 0.103. The number of amides is 1. The Morgan fingerprint density at radius 1 is 0.947 bits per heavy atom. The number of ether oxygens (including phenoxy) is 2. The van der Waals surface area contributed by atoms with E-state index in [1.807, 2.05) is 48.5 Å². The lowest BCUT2D eigenvalue weighted by molar-refractivity contribution is 0.0981. The van der Waals surface area contributed by atoms with E-state index in [-0.39, 0.29) is 12.1 Å². The van der Waals surface area contributed by atoms with Crippen LogP contribution in [0, 0.1) is 0 Å². The summed E-state index contributed by atoms with van der Waals surface area (Å²) in [6.07, 6.45) is 3.35. The lowest BCUT2D eigenvalue weighted by Gasteiger charge is -2.19. The van der Waals surface area contributed by atoms with Crippen molar-refractivity contribution in [1.29, 1.82) is 0 Å². The van der Waals surface area contributed by atoms with E-state index in [2.05, 4.69) is 4.98 Å². The van der Waals surface area contributed by atoms with Crippen molar-refractivity contribution in [2.75, 3.05) is 18.1 Å². The van der Waals surface area contributed by atoms with Gasteiger partial charge in [-0.3, -0.25) is 14.7 Å². The molecular formula is C29H19N3O5S. The maximum absolute atomic E-state index is 14.0. The van der Waals surface area contributed by atoms with Crippen LogP contribution < -0.4 is 20.0 Å². The molecular weight excluding hydrogens is 502 g/mol. The van der Waals surface area contributed by atoms with Gasteiger partial charge in [-0.2, -0.15) is 0 Å². The van der Waals surface area contributed by atoms with Crippen molar-refractivity contribution in [3.05, 3.63) is 101 Å². The zero-order valence-corrected chi connectivity index (χ0v) is 20.7. The van der Waals surface area contributed by atoms with Crippen molar-refractivity contribution in [3.63, 3.8) is 0 Å². The molecule has 0 spiro atoms. The first-order valence-electron chi connectivity index (χ1n) is 12.0. The van der Waals surface area contributed by atoms with Gasteiger partial charge in [-0.05, 0) is 34.5 Å². The van der Waals surface area contributed by atoms with Gasteiger partial charge < -0.3 is 13.9 Å². The number of hydrogen-bond donors (Lipinski definition) is 0. The predicted octanol–water partition coefficient (Wildman–Crippen LogP) is 5.57. The second-order valence-corrected chi connectivity index (χ2v) is 9.87. The van der Waals surface area contributed by atoms with E-state index in [1.165, 1.54) is 16.2 Å². The number of carbonyl (C=O) groups is 1. The van der Waals surface area contributed by atoms with Gasteiger partial charge >= 0.3 is 5.63 Å². The van der Waals surface area contributed by atoms with E-state index >= 15 is 0 Å². The Bertz CT molecular complexity index is 1870. The average molecular weight is 522 g/mol. The number of aromatic nitrogens is 2. The highest BCUT2D eigenvalue weighted by Gasteiger charge is 2.26. The molecule has 9 heteroatoms. The molecule has 0 aliphatic carbocycles. The van der Waals surface area contributed by atoms with E-state index in [4.69, 9.17) is 18.9 Å². The van der Waals surface area contributed by atoms with Gasteiger partial charge in [0.05, 0.1) is 16.8 Å². The first kappa shape index (κ1) is 22.4. The summed E-state index contributed by atoms with van der Waals surface area (Å²) in [6.45, 7) is 1.11. The maximum Gasteiger partial charge on any atom is 0.349 e. The Hall–Kier alpha value is -4.76. The van der Waals surface area contributed by atoms with Crippen LogP contribution in [0.1, 0.15) is 15.9 Å². The van der Waals surface area contributed by atoms with Crippen molar-refractivity contribution in [2.24, 2.45) is 0 Å². The lowest BCUT2D eigenvalue weighted by Crippen LogP contribution is -2.33. The molecule has 8 nitrogen and oxygen atoms in total. The van der Waals surface area contributed by atoms with E-state index in [0.29, 0.717) is 46.3 Å². The topological polar surface area (TPSA) is 94.8 Å². The van der Waals surface area contributed by atoms with Gasteiger partial charge in [0.1, 0.15) is 24.4 Å². The van der Waals surface area contributed by atoms with Crippen LogP contribution in [0.3, 0.4) is 0 Å². The van der Waals surface area contributed by atoms with Crippen LogP contribution in [0.5, 0.6) is 11.5 Å². The molecule has 7 rings (SSSR count). The Labute approximate surface area is 219 Å². The van der Waals surface area contributed by atoms with Crippen molar-refractivity contribution in [1.82, 2.24) is 9.97 Å². The Balaban J connectivity index is 1.37. The van der Waals surface area contributed by atoms with Gasteiger partial charge in [-0.25, -0.2) is 9.78 Å². The van der Waals surface area contributed by atoms with E-state index in [1.54, 1.807) is 30.6 Å². The SMILES string of the molecule is O=C(c1cc2c(ccc3ccccc32)oc1=O)N(Cc1cccnc1)c1nc2cc3c(cc2s1)OCCO3. The molecule has 38 heavy (non-hydrogen) atoms. The molecule has 1 aliphatic heterocycles. The molecule has 0 fully saturated rings. The second kappa shape index (κ2) is 8.97. The Kier molecular flexibility index (Phi) is 5.29. The number of hydrogen-bond acceptors (Lipinski definition) is 8. The van der Waals surface area contributed by atoms with Gasteiger partial charge in [0.25, 0.3) is 5.91 Å². The highest BCUT2D eigenvalue weighted by molar-refractivity contribution is 7.22.